The molecule has 1 aliphatic rings. The molecule has 1 rings (SSSR count). The predicted octanol–water partition coefficient (Wildman–Crippen LogP) is 1.37. The van der Waals surface area contributed by atoms with Crippen LogP contribution >= 0.6 is 0 Å². The van der Waals surface area contributed by atoms with E-state index in [0.29, 0.717) is 5.92 Å². The molecule has 0 spiro atoms. The van der Waals surface area contributed by atoms with Crippen LogP contribution in [0.2, 0.25) is 13.1 Å². The van der Waals surface area contributed by atoms with Gasteiger partial charge in [0.15, 0.2) is 0 Å². The van der Waals surface area contributed by atoms with Gasteiger partial charge in [-0.3, -0.25) is 0 Å². The highest BCUT2D eigenvalue weighted by atomic mass is 28.4. The molecule has 1 fully saturated rings. The molecular formula is C6H14O2Si. The fraction of sp³-hybridized carbons (Fsp3) is 1.00. The third-order valence-corrected chi connectivity index (χ3v) is 3.15. The van der Waals surface area contributed by atoms with Crippen molar-refractivity contribution in [3.05, 3.63) is 0 Å². The molecular weight excluding hydrogens is 132 g/mol. The number of hydrogen-bond acceptors (Lipinski definition) is 2. The Labute approximate surface area is 57.4 Å². The molecule has 0 bridgehead atoms. The van der Waals surface area contributed by atoms with Crippen molar-refractivity contribution in [1.29, 1.82) is 0 Å². The molecule has 0 aliphatic carbocycles. The van der Waals surface area contributed by atoms with Crippen LogP contribution in [0.5, 0.6) is 0 Å². The van der Waals surface area contributed by atoms with Crippen molar-refractivity contribution >= 4 is 8.56 Å². The van der Waals surface area contributed by atoms with Gasteiger partial charge in [-0.05, 0) is 13.1 Å². The van der Waals surface area contributed by atoms with E-state index < -0.39 is 8.56 Å². The largest absolute Gasteiger partial charge is 0.394 e. The van der Waals surface area contributed by atoms with Gasteiger partial charge in [0.25, 0.3) is 0 Å². The zero-order valence-corrected chi connectivity index (χ0v) is 7.31. The second kappa shape index (κ2) is 2.40. The molecule has 54 valence electrons. The van der Waals surface area contributed by atoms with Crippen molar-refractivity contribution in [3.8, 4) is 0 Å². The lowest BCUT2D eigenvalue weighted by Crippen LogP contribution is -2.43. The van der Waals surface area contributed by atoms with Gasteiger partial charge in [0.05, 0.1) is 0 Å². The molecule has 0 amide bonds. The molecule has 3 heteroatoms. The summed E-state index contributed by atoms with van der Waals surface area (Å²) in [6, 6.07) is 0. The van der Waals surface area contributed by atoms with Crippen LogP contribution in [0.25, 0.3) is 0 Å². The molecule has 0 aromatic heterocycles. The number of hydrogen-bond donors (Lipinski definition) is 0. The molecule has 0 aromatic carbocycles. The molecule has 1 saturated heterocycles. The van der Waals surface area contributed by atoms with Gasteiger partial charge in [-0.2, -0.15) is 0 Å². The fourth-order valence-electron chi connectivity index (χ4n) is 0.776. The normalized spacial score (nSPS) is 28.3. The van der Waals surface area contributed by atoms with Crippen LogP contribution in [0.15, 0.2) is 0 Å². The van der Waals surface area contributed by atoms with Crippen LogP contribution in [0.1, 0.15) is 6.92 Å². The van der Waals surface area contributed by atoms with Crippen molar-refractivity contribution in [3.63, 3.8) is 0 Å². The Hall–Kier alpha value is 0.137. The summed E-state index contributed by atoms with van der Waals surface area (Å²) in [4.78, 5) is 0. The molecule has 1 heterocycles. The minimum atomic E-state index is -1.63. The third kappa shape index (κ3) is 2.08. The van der Waals surface area contributed by atoms with E-state index >= 15 is 0 Å². The van der Waals surface area contributed by atoms with E-state index in [9.17, 15) is 0 Å². The van der Waals surface area contributed by atoms with Crippen molar-refractivity contribution < 1.29 is 8.85 Å². The van der Waals surface area contributed by atoms with Gasteiger partial charge >= 0.3 is 8.56 Å². The van der Waals surface area contributed by atoms with Crippen molar-refractivity contribution in [2.75, 3.05) is 13.2 Å². The summed E-state index contributed by atoms with van der Waals surface area (Å²) in [6.45, 7) is 8.08. The molecule has 2 nitrogen and oxygen atoms in total. The summed E-state index contributed by atoms with van der Waals surface area (Å²) >= 11 is 0. The Bertz CT molecular complexity index is 93.2. The van der Waals surface area contributed by atoms with Crippen LogP contribution in [-0.4, -0.2) is 21.8 Å². The Balaban J connectivity index is 2.35. The standard InChI is InChI=1S/C6H14O2Si/c1-6-4-7-9(2,3)8-5-6/h6H,4-5H2,1-3H3. The summed E-state index contributed by atoms with van der Waals surface area (Å²) in [5.41, 5.74) is 0. The first kappa shape index (κ1) is 7.25. The Morgan fingerprint density at radius 3 is 2.00 bits per heavy atom. The summed E-state index contributed by atoms with van der Waals surface area (Å²) in [5.74, 6) is 0.588. The molecule has 0 N–H and O–H groups in total. The molecule has 0 unspecified atom stereocenters. The van der Waals surface area contributed by atoms with Gasteiger partial charge in [0.1, 0.15) is 0 Å². The van der Waals surface area contributed by atoms with E-state index in [1.807, 2.05) is 0 Å². The highest BCUT2D eigenvalue weighted by molar-refractivity contribution is 6.64. The second-order valence-corrected chi connectivity index (χ2v) is 6.50. The van der Waals surface area contributed by atoms with Crippen LogP contribution in [0.4, 0.5) is 0 Å². The molecule has 0 aromatic rings. The minimum absolute atomic E-state index is 0.588. The quantitative estimate of drug-likeness (QED) is 0.481. The van der Waals surface area contributed by atoms with Crippen LogP contribution in [0, 0.1) is 5.92 Å². The molecule has 0 radical (unpaired) electrons. The lowest BCUT2D eigenvalue weighted by atomic mass is 10.2. The topological polar surface area (TPSA) is 18.5 Å². The van der Waals surface area contributed by atoms with Crippen molar-refractivity contribution in [2.24, 2.45) is 5.92 Å². The zero-order valence-electron chi connectivity index (χ0n) is 6.31. The molecule has 1 aliphatic heterocycles. The van der Waals surface area contributed by atoms with Gasteiger partial charge in [-0.15, -0.1) is 0 Å². The first-order chi connectivity index (χ1) is 4.10. The predicted molar refractivity (Wildman–Crippen MR) is 38.6 cm³/mol. The van der Waals surface area contributed by atoms with Crippen LogP contribution in [-0.2, 0) is 8.85 Å². The van der Waals surface area contributed by atoms with Gasteiger partial charge in [0, 0.05) is 19.1 Å². The Morgan fingerprint density at radius 2 is 1.67 bits per heavy atom. The van der Waals surface area contributed by atoms with E-state index in [1.54, 1.807) is 0 Å². The number of rotatable bonds is 0. The van der Waals surface area contributed by atoms with Crippen molar-refractivity contribution in [2.45, 2.75) is 20.0 Å². The van der Waals surface area contributed by atoms with Gasteiger partial charge in [0.2, 0.25) is 0 Å². The van der Waals surface area contributed by atoms with E-state index in [4.69, 9.17) is 8.85 Å². The first-order valence-electron chi connectivity index (χ1n) is 3.38. The SMILES string of the molecule is CC1CO[Si](C)(C)OC1. The van der Waals surface area contributed by atoms with Crippen molar-refractivity contribution in [1.82, 2.24) is 0 Å². The lowest BCUT2D eigenvalue weighted by Gasteiger charge is -2.31. The van der Waals surface area contributed by atoms with E-state index in [2.05, 4.69) is 20.0 Å². The monoisotopic (exact) mass is 146 g/mol. The fourth-order valence-corrected chi connectivity index (χ4v) is 2.23. The summed E-state index contributed by atoms with van der Waals surface area (Å²) in [7, 11) is -1.63. The molecule has 9 heavy (non-hydrogen) atoms. The Morgan fingerprint density at radius 1 is 1.22 bits per heavy atom. The van der Waals surface area contributed by atoms with E-state index in [1.165, 1.54) is 0 Å². The average Bonchev–Trinajstić information content (AvgIpc) is 1.78. The van der Waals surface area contributed by atoms with Gasteiger partial charge < -0.3 is 8.85 Å². The second-order valence-electron chi connectivity index (χ2n) is 3.13. The van der Waals surface area contributed by atoms with Gasteiger partial charge in [-0.25, -0.2) is 0 Å². The van der Waals surface area contributed by atoms with E-state index in [0.717, 1.165) is 13.2 Å². The zero-order chi connectivity index (χ0) is 6.91. The maximum atomic E-state index is 5.49. The lowest BCUT2D eigenvalue weighted by molar-refractivity contribution is 0.0745. The minimum Gasteiger partial charge on any atom is -0.394 e. The van der Waals surface area contributed by atoms with Gasteiger partial charge in [-0.1, -0.05) is 6.92 Å². The van der Waals surface area contributed by atoms with Crippen LogP contribution in [0.3, 0.4) is 0 Å². The highest BCUT2D eigenvalue weighted by Crippen LogP contribution is 2.15. The molecule has 0 atom stereocenters. The van der Waals surface area contributed by atoms with E-state index in [-0.39, 0.29) is 0 Å². The summed E-state index contributed by atoms with van der Waals surface area (Å²) in [6.07, 6.45) is 0. The maximum absolute atomic E-state index is 5.49. The third-order valence-electron chi connectivity index (χ3n) is 1.43. The first-order valence-corrected chi connectivity index (χ1v) is 6.20. The highest BCUT2D eigenvalue weighted by Gasteiger charge is 2.29. The average molecular weight is 146 g/mol. The van der Waals surface area contributed by atoms with Crippen LogP contribution < -0.4 is 0 Å². The smallest absolute Gasteiger partial charge is 0.331 e. The summed E-state index contributed by atoms with van der Waals surface area (Å²) in [5, 5.41) is 0. The summed E-state index contributed by atoms with van der Waals surface area (Å²) < 4.78 is 11.0. The Kier molecular flexibility index (Phi) is 1.93. The maximum Gasteiger partial charge on any atom is 0.331 e. The molecule has 0 saturated carbocycles.